The average molecular weight is 178 g/mol. The maximum Gasteiger partial charge on any atom is 0.252 e. The van der Waals surface area contributed by atoms with E-state index < -0.39 is 5.91 Å². The third-order valence-electron chi connectivity index (χ3n) is 1.67. The van der Waals surface area contributed by atoms with Gasteiger partial charge < -0.3 is 15.9 Å². The third kappa shape index (κ3) is 0.994. The predicted molar refractivity (Wildman–Crippen MR) is 44.7 cm³/mol. The molecule has 0 aliphatic carbocycles. The van der Waals surface area contributed by atoms with Crippen LogP contribution in [0, 0.1) is 0 Å². The Morgan fingerprint density at radius 2 is 2.23 bits per heavy atom. The molecule has 0 aliphatic rings. The number of rotatable bonds is 1. The molecule has 0 atom stereocenters. The van der Waals surface area contributed by atoms with Crippen LogP contribution in [-0.4, -0.2) is 15.9 Å². The van der Waals surface area contributed by atoms with Gasteiger partial charge in [0.2, 0.25) is 5.71 Å². The second kappa shape index (κ2) is 2.44. The van der Waals surface area contributed by atoms with Gasteiger partial charge in [0.1, 0.15) is 18.4 Å². The molecule has 2 heterocycles. The van der Waals surface area contributed by atoms with Crippen LogP contribution in [0.3, 0.4) is 0 Å². The molecule has 6 heteroatoms. The first-order chi connectivity index (χ1) is 6.20. The lowest BCUT2D eigenvalue weighted by Crippen LogP contribution is -2.10. The highest BCUT2D eigenvalue weighted by Gasteiger charge is 2.14. The van der Waals surface area contributed by atoms with Crippen molar-refractivity contribution < 1.29 is 9.21 Å². The highest BCUT2D eigenvalue weighted by Crippen LogP contribution is 2.22. The van der Waals surface area contributed by atoms with Gasteiger partial charge in [0.25, 0.3) is 5.91 Å². The number of amides is 1. The summed E-state index contributed by atoms with van der Waals surface area (Å²) in [5, 5.41) is 0.370. The van der Waals surface area contributed by atoms with Gasteiger partial charge in [0, 0.05) is 0 Å². The Morgan fingerprint density at radius 1 is 1.46 bits per heavy atom. The summed E-state index contributed by atoms with van der Waals surface area (Å²) in [6, 6.07) is 0. The molecule has 0 radical (unpaired) electrons. The first-order valence-electron chi connectivity index (χ1n) is 3.47. The van der Waals surface area contributed by atoms with E-state index in [9.17, 15) is 4.79 Å². The fraction of sp³-hybridized carbons (Fsp3) is 0. The number of fused-ring (bicyclic) bond motifs is 1. The predicted octanol–water partition coefficient (Wildman–Crippen LogP) is -0.0961. The molecule has 4 N–H and O–H groups in total. The van der Waals surface area contributed by atoms with Gasteiger partial charge >= 0.3 is 0 Å². The van der Waals surface area contributed by atoms with Crippen molar-refractivity contribution in [3.8, 4) is 0 Å². The SMILES string of the molecule is NC(=O)c1coc2ncnc(N)c12. The van der Waals surface area contributed by atoms with Gasteiger partial charge in [-0.3, -0.25) is 4.79 Å². The first-order valence-corrected chi connectivity index (χ1v) is 3.47. The summed E-state index contributed by atoms with van der Waals surface area (Å²) >= 11 is 0. The second-order valence-electron chi connectivity index (χ2n) is 2.45. The molecule has 0 unspecified atom stereocenters. The fourth-order valence-electron chi connectivity index (χ4n) is 1.08. The van der Waals surface area contributed by atoms with Crippen LogP contribution in [0.1, 0.15) is 10.4 Å². The minimum Gasteiger partial charge on any atom is -0.445 e. The molecule has 0 saturated heterocycles. The van der Waals surface area contributed by atoms with Crippen molar-refractivity contribution >= 4 is 22.8 Å². The number of nitrogens with two attached hydrogens (primary N) is 2. The number of aromatic nitrogens is 2. The molecular formula is C7H6N4O2. The average Bonchev–Trinajstić information content (AvgIpc) is 2.49. The first kappa shape index (κ1) is 7.53. The van der Waals surface area contributed by atoms with Crippen molar-refractivity contribution in [3.63, 3.8) is 0 Å². The summed E-state index contributed by atoms with van der Waals surface area (Å²) in [6.07, 6.45) is 2.48. The third-order valence-corrected chi connectivity index (χ3v) is 1.67. The molecule has 0 aromatic carbocycles. The maximum absolute atomic E-state index is 10.9. The lowest BCUT2D eigenvalue weighted by molar-refractivity contribution is 0.100. The largest absolute Gasteiger partial charge is 0.445 e. The summed E-state index contributed by atoms with van der Waals surface area (Å²) in [4.78, 5) is 18.4. The number of hydrogen-bond donors (Lipinski definition) is 2. The number of nitrogen functional groups attached to an aromatic ring is 1. The number of carbonyl (C=O) groups is 1. The van der Waals surface area contributed by atoms with Crippen LogP contribution in [0.15, 0.2) is 17.0 Å². The summed E-state index contributed by atoms with van der Waals surface area (Å²) < 4.78 is 4.96. The summed E-state index contributed by atoms with van der Waals surface area (Å²) in [5.74, 6) is -0.423. The quantitative estimate of drug-likeness (QED) is 0.634. The fourth-order valence-corrected chi connectivity index (χ4v) is 1.08. The van der Waals surface area contributed by atoms with E-state index in [0.717, 1.165) is 0 Å². The topological polar surface area (TPSA) is 108 Å². The van der Waals surface area contributed by atoms with Gasteiger partial charge in [0.15, 0.2) is 0 Å². The Kier molecular flexibility index (Phi) is 1.42. The Labute approximate surface area is 72.6 Å². The minimum atomic E-state index is -0.611. The monoisotopic (exact) mass is 178 g/mol. The Balaban J connectivity index is 2.86. The molecule has 0 bridgehead atoms. The number of primary amides is 1. The molecule has 66 valence electrons. The molecule has 0 fully saturated rings. The van der Waals surface area contributed by atoms with E-state index in [2.05, 4.69) is 9.97 Å². The van der Waals surface area contributed by atoms with E-state index in [1.165, 1.54) is 12.6 Å². The molecule has 0 spiro atoms. The zero-order valence-electron chi connectivity index (χ0n) is 6.52. The standard InChI is InChI=1S/C7H6N4O2/c8-5-4-3(6(9)12)1-13-7(4)11-2-10-5/h1-2H,(H2,9,12)(H2,8,10,11). The lowest BCUT2D eigenvalue weighted by atomic mass is 10.2. The molecule has 0 aliphatic heterocycles. The van der Waals surface area contributed by atoms with Gasteiger partial charge in [-0.05, 0) is 0 Å². The Morgan fingerprint density at radius 3 is 2.92 bits per heavy atom. The van der Waals surface area contributed by atoms with Crippen molar-refractivity contribution in [2.45, 2.75) is 0 Å². The Bertz CT molecular complexity index is 476. The number of anilines is 1. The van der Waals surface area contributed by atoms with Gasteiger partial charge in [-0.15, -0.1) is 0 Å². The number of furan rings is 1. The number of nitrogens with zero attached hydrogens (tertiary/aromatic N) is 2. The van der Waals surface area contributed by atoms with Crippen molar-refractivity contribution in [3.05, 3.63) is 18.2 Å². The van der Waals surface area contributed by atoms with Gasteiger partial charge in [0.05, 0.1) is 10.9 Å². The second-order valence-corrected chi connectivity index (χ2v) is 2.45. The zero-order valence-corrected chi connectivity index (χ0v) is 6.52. The van der Waals surface area contributed by atoms with E-state index in [-0.39, 0.29) is 17.1 Å². The van der Waals surface area contributed by atoms with Crippen LogP contribution in [0.4, 0.5) is 5.82 Å². The van der Waals surface area contributed by atoms with Gasteiger partial charge in [-0.25, -0.2) is 9.97 Å². The van der Waals surface area contributed by atoms with E-state index in [1.807, 2.05) is 0 Å². The molecule has 2 aromatic heterocycles. The minimum absolute atomic E-state index is 0.188. The van der Waals surface area contributed by atoms with Crippen molar-refractivity contribution in [2.75, 3.05) is 5.73 Å². The van der Waals surface area contributed by atoms with Crippen LogP contribution in [0.25, 0.3) is 11.1 Å². The number of hydrogen-bond acceptors (Lipinski definition) is 5. The molecule has 1 amide bonds. The van der Waals surface area contributed by atoms with Crippen molar-refractivity contribution in [1.82, 2.24) is 9.97 Å². The Hall–Kier alpha value is -2.11. The summed E-state index contributed by atoms with van der Waals surface area (Å²) in [6.45, 7) is 0. The van der Waals surface area contributed by atoms with Gasteiger partial charge in [-0.2, -0.15) is 0 Å². The number of carbonyl (C=O) groups excluding carboxylic acids is 1. The van der Waals surface area contributed by atoms with E-state index in [0.29, 0.717) is 5.39 Å². The molecular weight excluding hydrogens is 172 g/mol. The van der Waals surface area contributed by atoms with Crippen LogP contribution in [-0.2, 0) is 0 Å². The van der Waals surface area contributed by atoms with Crippen molar-refractivity contribution in [1.29, 1.82) is 0 Å². The lowest BCUT2D eigenvalue weighted by Gasteiger charge is -1.93. The van der Waals surface area contributed by atoms with Crippen LogP contribution < -0.4 is 11.5 Å². The molecule has 2 rings (SSSR count). The highest BCUT2D eigenvalue weighted by molar-refractivity contribution is 6.07. The van der Waals surface area contributed by atoms with Crippen LogP contribution in [0.2, 0.25) is 0 Å². The molecule has 2 aromatic rings. The maximum atomic E-state index is 10.9. The van der Waals surface area contributed by atoms with Crippen LogP contribution >= 0.6 is 0 Å². The van der Waals surface area contributed by atoms with E-state index >= 15 is 0 Å². The van der Waals surface area contributed by atoms with Crippen LogP contribution in [0.5, 0.6) is 0 Å². The van der Waals surface area contributed by atoms with Crippen molar-refractivity contribution in [2.24, 2.45) is 5.73 Å². The molecule has 13 heavy (non-hydrogen) atoms. The van der Waals surface area contributed by atoms with Gasteiger partial charge in [-0.1, -0.05) is 0 Å². The summed E-state index contributed by atoms with van der Waals surface area (Å²) in [7, 11) is 0. The zero-order chi connectivity index (χ0) is 9.42. The highest BCUT2D eigenvalue weighted by atomic mass is 16.3. The smallest absolute Gasteiger partial charge is 0.252 e. The van der Waals surface area contributed by atoms with E-state index in [4.69, 9.17) is 15.9 Å². The molecule has 6 nitrogen and oxygen atoms in total. The van der Waals surface area contributed by atoms with E-state index in [1.54, 1.807) is 0 Å². The molecule has 0 saturated carbocycles. The normalized spacial score (nSPS) is 10.5. The summed E-state index contributed by atoms with van der Waals surface area (Å²) in [5.41, 5.74) is 11.1.